The highest BCUT2D eigenvalue weighted by molar-refractivity contribution is 7.80. The number of thiocarbonyl (C=S) groups is 1. The Morgan fingerprint density at radius 2 is 1.84 bits per heavy atom. The van der Waals surface area contributed by atoms with Crippen molar-refractivity contribution < 1.29 is 9.47 Å². The number of rotatable bonds is 7. The zero-order valence-electron chi connectivity index (χ0n) is 14.1. The molecular weight excluding hydrogens is 379 g/mol. The van der Waals surface area contributed by atoms with Crippen molar-refractivity contribution in [2.24, 2.45) is 0 Å². The molecule has 2 N–H and O–H groups in total. The average Bonchev–Trinajstić information content (AvgIpc) is 2.62. The maximum absolute atomic E-state index is 6.00. The van der Waals surface area contributed by atoms with E-state index in [0.717, 1.165) is 29.0 Å². The van der Waals surface area contributed by atoms with Crippen LogP contribution in [0.3, 0.4) is 0 Å². The number of ether oxygens (including phenoxy) is 2. The second kappa shape index (κ2) is 9.70. The van der Waals surface area contributed by atoms with E-state index < -0.39 is 0 Å². The zero-order chi connectivity index (χ0) is 18.2. The normalized spacial score (nSPS) is 10.2. The molecule has 2 aromatic carbocycles. The summed E-state index contributed by atoms with van der Waals surface area (Å²) < 4.78 is 10.7. The highest BCUT2D eigenvalue weighted by Gasteiger charge is 2.09. The fourth-order valence-corrected chi connectivity index (χ4v) is 2.85. The lowest BCUT2D eigenvalue weighted by Crippen LogP contribution is -2.35. The Morgan fingerprint density at radius 3 is 2.52 bits per heavy atom. The van der Waals surface area contributed by atoms with Crippen molar-refractivity contribution in [3.05, 3.63) is 57.6 Å². The third-order valence-corrected chi connectivity index (χ3v) is 4.63. The lowest BCUT2D eigenvalue weighted by molar-refractivity contribution is 0.351. The van der Waals surface area contributed by atoms with E-state index in [2.05, 4.69) is 10.6 Å². The molecule has 2 rings (SSSR count). The summed E-state index contributed by atoms with van der Waals surface area (Å²) in [5.74, 6) is 1.47. The fourth-order valence-electron chi connectivity index (χ4n) is 2.36. The Morgan fingerprint density at radius 1 is 1.04 bits per heavy atom. The van der Waals surface area contributed by atoms with E-state index in [4.69, 9.17) is 44.9 Å². The van der Waals surface area contributed by atoms with Crippen molar-refractivity contribution in [3.63, 3.8) is 0 Å². The minimum atomic E-state index is 0.532. The minimum absolute atomic E-state index is 0.532. The van der Waals surface area contributed by atoms with Crippen LogP contribution >= 0.6 is 35.4 Å². The fraction of sp³-hybridized carbons (Fsp3) is 0.278. The molecular formula is C18H20Cl2N2O2S. The van der Waals surface area contributed by atoms with Gasteiger partial charge in [0.2, 0.25) is 0 Å². The first kappa shape index (κ1) is 19.6. The van der Waals surface area contributed by atoms with Crippen LogP contribution in [0.5, 0.6) is 11.5 Å². The molecule has 0 unspecified atom stereocenters. The van der Waals surface area contributed by atoms with Crippen molar-refractivity contribution in [2.75, 3.05) is 20.8 Å². The van der Waals surface area contributed by atoms with E-state index in [-0.39, 0.29) is 0 Å². The number of methoxy groups -OCH3 is 2. The number of halogens is 2. The molecule has 2 aromatic rings. The molecule has 0 aliphatic carbocycles. The molecule has 25 heavy (non-hydrogen) atoms. The monoisotopic (exact) mass is 398 g/mol. The number of benzene rings is 2. The molecule has 0 aliphatic heterocycles. The van der Waals surface area contributed by atoms with Crippen molar-refractivity contribution in [1.82, 2.24) is 10.6 Å². The van der Waals surface area contributed by atoms with Gasteiger partial charge in [0.1, 0.15) is 0 Å². The van der Waals surface area contributed by atoms with E-state index >= 15 is 0 Å². The second-order valence-electron chi connectivity index (χ2n) is 5.26. The average molecular weight is 399 g/mol. The van der Waals surface area contributed by atoms with Gasteiger partial charge in [-0.05, 0) is 48.0 Å². The van der Waals surface area contributed by atoms with Crippen molar-refractivity contribution in [3.8, 4) is 11.5 Å². The van der Waals surface area contributed by atoms with Crippen LogP contribution in [0.15, 0.2) is 36.4 Å². The summed E-state index contributed by atoms with van der Waals surface area (Å²) in [5.41, 5.74) is 2.06. The van der Waals surface area contributed by atoms with Crippen LogP contribution in [0.2, 0.25) is 10.0 Å². The third kappa shape index (κ3) is 5.66. The highest BCUT2D eigenvalue weighted by Crippen LogP contribution is 2.30. The van der Waals surface area contributed by atoms with Crippen LogP contribution in [0.4, 0.5) is 0 Å². The van der Waals surface area contributed by atoms with Gasteiger partial charge in [0.05, 0.1) is 24.3 Å². The topological polar surface area (TPSA) is 42.5 Å². The first-order valence-corrected chi connectivity index (χ1v) is 8.87. The highest BCUT2D eigenvalue weighted by atomic mass is 35.5. The van der Waals surface area contributed by atoms with Gasteiger partial charge in [-0.3, -0.25) is 0 Å². The van der Waals surface area contributed by atoms with Gasteiger partial charge in [-0.2, -0.15) is 0 Å². The van der Waals surface area contributed by atoms with Crippen molar-refractivity contribution >= 4 is 40.5 Å². The third-order valence-electron chi connectivity index (χ3n) is 3.60. The number of hydrogen-bond donors (Lipinski definition) is 2. The molecule has 0 saturated carbocycles. The summed E-state index contributed by atoms with van der Waals surface area (Å²) in [5, 5.41) is 7.98. The number of nitrogens with one attached hydrogen (secondary N) is 2. The molecule has 0 amide bonds. The zero-order valence-corrected chi connectivity index (χ0v) is 16.4. The molecule has 0 radical (unpaired) electrons. The van der Waals surface area contributed by atoms with Gasteiger partial charge in [-0.15, -0.1) is 0 Å². The minimum Gasteiger partial charge on any atom is -0.493 e. The van der Waals surface area contributed by atoms with Crippen LogP contribution in [0.25, 0.3) is 0 Å². The molecule has 0 aliphatic rings. The summed E-state index contributed by atoms with van der Waals surface area (Å²) in [4.78, 5) is 0. The Kier molecular flexibility index (Phi) is 7.62. The van der Waals surface area contributed by atoms with Gasteiger partial charge < -0.3 is 20.1 Å². The van der Waals surface area contributed by atoms with Crippen LogP contribution < -0.4 is 20.1 Å². The maximum atomic E-state index is 6.00. The van der Waals surface area contributed by atoms with Gasteiger partial charge in [0.15, 0.2) is 16.6 Å². The van der Waals surface area contributed by atoms with Crippen LogP contribution in [0, 0.1) is 0 Å². The number of hydrogen-bond acceptors (Lipinski definition) is 3. The Labute approximate surface area is 163 Å². The Bertz CT molecular complexity index is 741. The molecule has 0 saturated heterocycles. The molecule has 0 spiro atoms. The molecule has 7 heteroatoms. The molecule has 0 bridgehead atoms. The molecule has 0 atom stereocenters. The van der Waals surface area contributed by atoms with E-state index in [0.29, 0.717) is 28.2 Å². The van der Waals surface area contributed by atoms with Crippen molar-refractivity contribution in [1.29, 1.82) is 0 Å². The summed E-state index contributed by atoms with van der Waals surface area (Å²) in [6, 6.07) is 11.3. The van der Waals surface area contributed by atoms with Gasteiger partial charge in [0.25, 0.3) is 0 Å². The molecule has 4 nitrogen and oxygen atoms in total. The Hall–Kier alpha value is -1.69. The lowest BCUT2D eigenvalue weighted by Gasteiger charge is -2.14. The largest absolute Gasteiger partial charge is 0.493 e. The van der Waals surface area contributed by atoms with E-state index in [9.17, 15) is 0 Å². The van der Waals surface area contributed by atoms with Crippen LogP contribution in [0.1, 0.15) is 11.1 Å². The van der Waals surface area contributed by atoms with E-state index in [1.54, 1.807) is 20.3 Å². The van der Waals surface area contributed by atoms with Gasteiger partial charge >= 0.3 is 0 Å². The van der Waals surface area contributed by atoms with Crippen LogP contribution in [-0.2, 0) is 13.0 Å². The van der Waals surface area contributed by atoms with Gasteiger partial charge in [0, 0.05) is 13.1 Å². The molecule has 0 fully saturated rings. The summed E-state index contributed by atoms with van der Waals surface area (Å²) in [7, 11) is 3.26. The maximum Gasteiger partial charge on any atom is 0.166 e. The molecule has 0 heterocycles. The van der Waals surface area contributed by atoms with Gasteiger partial charge in [-0.25, -0.2) is 0 Å². The first-order valence-electron chi connectivity index (χ1n) is 7.70. The molecule has 0 aromatic heterocycles. The van der Waals surface area contributed by atoms with Crippen molar-refractivity contribution in [2.45, 2.75) is 13.0 Å². The standard InChI is InChI=1S/C18H20Cl2N2O2S/c1-23-16-5-3-4-13(17(16)24-2)8-9-21-18(25)22-11-12-6-7-14(19)15(20)10-12/h3-7,10H,8-9,11H2,1-2H3,(H2,21,22,25). The van der Waals surface area contributed by atoms with E-state index in [1.165, 1.54) is 0 Å². The molecule has 134 valence electrons. The first-order chi connectivity index (χ1) is 12.0. The SMILES string of the molecule is COc1cccc(CCNC(=S)NCc2ccc(Cl)c(Cl)c2)c1OC. The van der Waals surface area contributed by atoms with E-state index in [1.807, 2.05) is 30.3 Å². The van der Waals surface area contributed by atoms with Crippen LogP contribution in [-0.4, -0.2) is 25.9 Å². The predicted octanol–water partition coefficient (Wildman–Crippen LogP) is 4.22. The predicted molar refractivity (Wildman–Crippen MR) is 107 cm³/mol. The summed E-state index contributed by atoms with van der Waals surface area (Å²) in [6.07, 6.45) is 0.759. The summed E-state index contributed by atoms with van der Waals surface area (Å²) in [6.45, 7) is 1.25. The van der Waals surface area contributed by atoms with Gasteiger partial charge in [-0.1, -0.05) is 41.4 Å². The smallest absolute Gasteiger partial charge is 0.166 e. The summed E-state index contributed by atoms with van der Waals surface area (Å²) >= 11 is 17.2. The second-order valence-corrected chi connectivity index (χ2v) is 6.48. The Balaban J connectivity index is 1.81. The number of para-hydroxylation sites is 1. The quantitative estimate of drug-likeness (QED) is 0.683. The lowest BCUT2D eigenvalue weighted by atomic mass is 10.1.